The number of unbranched alkanes of at least 4 members (excludes halogenated alkanes) is 2. The minimum atomic E-state index is -0.274. The number of ether oxygens (including phenoxy) is 1. The number of hydrogen-bond acceptors (Lipinski definition) is 3. The van der Waals surface area contributed by atoms with Gasteiger partial charge in [0.25, 0.3) is 5.91 Å². The van der Waals surface area contributed by atoms with Crippen LogP contribution in [-0.2, 0) is 0 Å². The van der Waals surface area contributed by atoms with Gasteiger partial charge in [0.05, 0.1) is 12.2 Å². The number of carbonyl (C=O) groups is 1. The molecule has 1 aliphatic rings. The molecule has 0 spiro atoms. The van der Waals surface area contributed by atoms with Gasteiger partial charge in [-0.15, -0.1) is 0 Å². The number of para-hydroxylation sites is 1. The molecular formula is C26H28N2O2. The van der Waals surface area contributed by atoms with Crippen LogP contribution in [0.5, 0.6) is 5.75 Å². The van der Waals surface area contributed by atoms with Gasteiger partial charge in [-0.3, -0.25) is 9.69 Å². The molecule has 0 saturated carbocycles. The predicted octanol–water partition coefficient (Wildman–Crippen LogP) is 6.34. The molecule has 30 heavy (non-hydrogen) atoms. The molecule has 1 N–H and O–H groups in total. The summed E-state index contributed by atoms with van der Waals surface area (Å²) >= 11 is 0. The zero-order valence-electron chi connectivity index (χ0n) is 17.6. The van der Waals surface area contributed by atoms with E-state index in [1.165, 1.54) is 18.4 Å². The Balaban J connectivity index is 1.64. The van der Waals surface area contributed by atoms with Gasteiger partial charge in [0, 0.05) is 11.4 Å². The molecule has 1 heterocycles. The van der Waals surface area contributed by atoms with Crippen molar-refractivity contribution in [3.8, 4) is 5.75 Å². The first-order chi connectivity index (χ1) is 14.7. The summed E-state index contributed by atoms with van der Waals surface area (Å²) in [7, 11) is 0. The average molecular weight is 401 g/mol. The lowest BCUT2D eigenvalue weighted by Crippen LogP contribution is -2.43. The fraction of sp³-hybridized carbons (Fsp3) is 0.269. The number of nitrogens with one attached hydrogen (secondary N) is 1. The molecule has 0 bridgehead atoms. The van der Waals surface area contributed by atoms with Gasteiger partial charge in [0.15, 0.2) is 0 Å². The summed E-state index contributed by atoms with van der Waals surface area (Å²) in [6.07, 6.45) is 3.13. The summed E-state index contributed by atoms with van der Waals surface area (Å²) in [5.41, 5.74) is 4.62. The van der Waals surface area contributed by atoms with Gasteiger partial charge in [-0.2, -0.15) is 0 Å². The highest BCUT2D eigenvalue weighted by Gasteiger charge is 2.33. The van der Waals surface area contributed by atoms with Crippen LogP contribution in [0.1, 0.15) is 53.8 Å². The van der Waals surface area contributed by atoms with E-state index in [2.05, 4.69) is 43.4 Å². The number of anilines is 2. The Morgan fingerprint density at radius 3 is 2.40 bits per heavy atom. The summed E-state index contributed by atoms with van der Waals surface area (Å²) in [5, 5.41) is 3.55. The molecule has 4 rings (SSSR count). The Morgan fingerprint density at radius 1 is 0.933 bits per heavy atom. The summed E-state index contributed by atoms with van der Waals surface area (Å²) < 4.78 is 5.84. The van der Waals surface area contributed by atoms with E-state index in [1.54, 1.807) is 0 Å². The highest BCUT2D eigenvalue weighted by molar-refractivity contribution is 6.12. The van der Waals surface area contributed by atoms with E-state index >= 15 is 0 Å². The molecule has 0 aliphatic carbocycles. The van der Waals surface area contributed by atoms with Crippen LogP contribution in [0.4, 0.5) is 11.4 Å². The molecule has 0 fully saturated rings. The van der Waals surface area contributed by atoms with Crippen LogP contribution in [0.3, 0.4) is 0 Å². The molecule has 0 radical (unpaired) electrons. The van der Waals surface area contributed by atoms with E-state index in [-0.39, 0.29) is 12.1 Å². The molecule has 4 nitrogen and oxygen atoms in total. The predicted molar refractivity (Wildman–Crippen MR) is 122 cm³/mol. The van der Waals surface area contributed by atoms with E-state index in [9.17, 15) is 4.79 Å². The molecule has 154 valence electrons. The fourth-order valence-corrected chi connectivity index (χ4v) is 3.75. The van der Waals surface area contributed by atoms with Crippen LogP contribution < -0.4 is 15.0 Å². The van der Waals surface area contributed by atoms with Crippen LogP contribution in [-0.4, -0.2) is 12.5 Å². The maximum atomic E-state index is 13.5. The lowest BCUT2D eigenvalue weighted by atomic mass is 10.0. The molecule has 3 aromatic carbocycles. The number of carbonyl (C=O) groups excluding carboxylic acids is 1. The second-order valence-electron chi connectivity index (χ2n) is 7.73. The van der Waals surface area contributed by atoms with Crippen LogP contribution in [0.15, 0.2) is 72.8 Å². The molecule has 0 saturated heterocycles. The first kappa shape index (κ1) is 20.0. The number of rotatable bonds is 7. The monoisotopic (exact) mass is 400 g/mol. The van der Waals surface area contributed by atoms with Crippen molar-refractivity contribution in [3.05, 3.63) is 89.5 Å². The van der Waals surface area contributed by atoms with Crippen molar-refractivity contribution >= 4 is 17.3 Å². The molecule has 4 heteroatoms. The van der Waals surface area contributed by atoms with Crippen molar-refractivity contribution in [1.82, 2.24) is 0 Å². The summed E-state index contributed by atoms with van der Waals surface area (Å²) in [6.45, 7) is 4.97. The third-order valence-electron chi connectivity index (χ3n) is 5.45. The summed E-state index contributed by atoms with van der Waals surface area (Å²) in [5.74, 6) is 0.825. The minimum Gasteiger partial charge on any atom is -0.494 e. The summed E-state index contributed by atoms with van der Waals surface area (Å²) in [6, 6.07) is 23.8. The molecule has 1 atom stereocenters. The first-order valence-electron chi connectivity index (χ1n) is 10.7. The van der Waals surface area contributed by atoms with Crippen molar-refractivity contribution in [2.75, 3.05) is 16.8 Å². The second-order valence-corrected chi connectivity index (χ2v) is 7.73. The Morgan fingerprint density at radius 2 is 1.67 bits per heavy atom. The average Bonchev–Trinajstić information content (AvgIpc) is 2.78. The van der Waals surface area contributed by atoms with E-state index < -0.39 is 0 Å². The smallest absolute Gasteiger partial charge is 0.262 e. The zero-order valence-corrected chi connectivity index (χ0v) is 17.6. The lowest BCUT2D eigenvalue weighted by Gasteiger charge is -2.38. The van der Waals surface area contributed by atoms with Gasteiger partial charge in [-0.05, 0) is 55.3 Å². The van der Waals surface area contributed by atoms with E-state index in [0.29, 0.717) is 5.56 Å². The molecule has 0 aromatic heterocycles. The van der Waals surface area contributed by atoms with Crippen molar-refractivity contribution in [2.24, 2.45) is 0 Å². The lowest BCUT2D eigenvalue weighted by molar-refractivity contribution is 0.0975. The van der Waals surface area contributed by atoms with Crippen molar-refractivity contribution < 1.29 is 9.53 Å². The third-order valence-corrected chi connectivity index (χ3v) is 5.45. The van der Waals surface area contributed by atoms with Gasteiger partial charge >= 0.3 is 0 Å². The highest BCUT2D eigenvalue weighted by atomic mass is 16.5. The SMILES string of the molecule is CCCCCOc1ccc(N2C(=O)c3ccccc3N[C@@H]2c2ccc(C)cc2)cc1. The first-order valence-corrected chi connectivity index (χ1v) is 10.7. The zero-order chi connectivity index (χ0) is 20.9. The highest BCUT2D eigenvalue weighted by Crippen LogP contribution is 2.37. The van der Waals surface area contributed by atoms with Crippen LogP contribution in [0.25, 0.3) is 0 Å². The Bertz CT molecular complexity index is 996. The van der Waals surface area contributed by atoms with Gasteiger partial charge in [-0.1, -0.05) is 61.7 Å². The van der Waals surface area contributed by atoms with Crippen LogP contribution in [0.2, 0.25) is 0 Å². The molecule has 3 aromatic rings. The van der Waals surface area contributed by atoms with Gasteiger partial charge in [-0.25, -0.2) is 0 Å². The maximum absolute atomic E-state index is 13.5. The largest absolute Gasteiger partial charge is 0.494 e. The quantitative estimate of drug-likeness (QED) is 0.471. The number of benzene rings is 3. The molecule has 0 unspecified atom stereocenters. The Kier molecular flexibility index (Phi) is 6.03. The number of hydrogen-bond donors (Lipinski definition) is 1. The van der Waals surface area contributed by atoms with Gasteiger partial charge < -0.3 is 10.1 Å². The van der Waals surface area contributed by atoms with E-state index in [0.717, 1.165) is 35.7 Å². The fourth-order valence-electron chi connectivity index (χ4n) is 3.75. The van der Waals surface area contributed by atoms with Crippen molar-refractivity contribution in [2.45, 2.75) is 39.3 Å². The van der Waals surface area contributed by atoms with Crippen LogP contribution in [0, 0.1) is 6.92 Å². The second kappa shape index (κ2) is 9.04. The molecule has 1 amide bonds. The Hall–Kier alpha value is -3.27. The standard InChI is InChI=1S/C26H28N2O2/c1-3-4-7-18-30-22-16-14-21(15-17-22)28-25(20-12-10-19(2)11-13-20)27-24-9-6-5-8-23(24)26(28)29/h5-6,8-17,25,27H,3-4,7,18H2,1-2H3/t25-/m0/s1. The van der Waals surface area contributed by atoms with Crippen molar-refractivity contribution in [1.29, 1.82) is 0 Å². The van der Waals surface area contributed by atoms with Crippen molar-refractivity contribution in [3.63, 3.8) is 0 Å². The number of amides is 1. The van der Waals surface area contributed by atoms with Crippen LogP contribution >= 0.6 is 0 Å². The minimum absolute atomic E-state index is 0.00783. The van der Waals surface area contributed by atoms with Gasteiger partial charge in [0.2, 0.25) is 0 Å². The number of nitrogens with zero attached hydrogens (tertiary/aromatic N) is 1. The maximum Gasteiger partial charge on any atom is 0.262 e. The Labute approximate surface area is 178 Å². The molecular weight excluding hydrogens is 372 g/mol. The van der Waals surface area contributed by atoms with E-state index in [4.69, 9.17) is 4.74 Å². The van der Waals surface area contributed by atoms with Gasteiger partial charge in [0.1, 0.15) is 11.9 Å². The molecule has 1 aliphatic heterocycles. The van der Waals surface area contributed by atoms with E-state index in [1.807, 2.05) is 53.4 Å². The number of fused-ring (bicyclic) bond motifs is 1. The third kappa shape index (κ3) is 4.18. The summed E-state index contributed by atoms with van der Waals surface area (Å²) in [4.78, 5) is 15.3. The topological polar surface area (TPSA) is 41.6 Å². The number of aryl methyl sites for hydroxylation is 1. The normalized spacial score (nSPS) is 15.5.